The molecule has 0 fully saturated rings. The number of hydrogen-bond donors (Lipinski definition) is 1. The molecule has 2 unspecified atom stereocenters. The van der Waals surface area contributed by atoms with Gasteiger partial charge in [-0.05, 0) is 20.8 Å². The van der Waals surface area contributed by atoms with E-state index in [9.17, 15) is 9.59 Å². The summed E-state index contributed by atoms with van der Waals surface area (Å²) in [5.41, 5.74) is 0. The Kier molecular flexibility index (Phi) is 24.1. The zero-order valence-corrected chi connectivity index (χ0v) is 15.5. The summed E-state index contributed by atoms with van der Waals surface area (Å²) in [6, 6.07) is 3.55. The van der Waals surface area contributed by atoms with Gasteiger partial charge in [0.1, 0.15) is 18.4 Å². The molecule has 144 valence electrons. The van der Waals surface area contributed by atoms with Gasteiger partial charge in [-0.2, -0.15) is 10.5 Å². The van der Waals surface area contributed by atoms with Crippen LogP contribution in [0.4, 0.5) is 0 Å². The second-order valence-electron chi connectivity index (χ2n) is 4.33. The predicted molar refractivity (Wildman–Crippen MR) is 88.0 cm³/mol. The van der Waals surface area contributed by atoms with Crippen LogP contribution in [0.25, 0.3) is 0 Å². The van der Waals surface area contributed by atoms with Crippen molar-refractivity contribution in [2.75, 3.05) is 47.3 Å². The maximum atomic E-state index is 10.7. The maximum absolute atomic E-state index is 10.7. The Bertz CT molecular complexity index is 414. The van der Waals surface area contributed by atoms with Crippen LogP contribution in [-0.4, -0.2) is 64.3 Å². The smallest absolute Gasteiger partial charge is 0.323 e. The van der Waals surface area contributed by atoms with Gasteiger partial charge >= 0.3 is 11.9 Å². The molecular weight excluding hydrogens is 332 g/mol. The van der Waals surface area contributed by atoms with Crippen molar-refractivity contribution in [1.82, 2.24) is 0 Å². The molecule has 0 saturated heterocycles. The molecule has 0 amide bonds. The molecule has 9 heteroatoms. The zero-order chi connectivity index (χ0) is 20.1. The zero-order valence-electron chi connectivity index (χ0n) is 15.5. The van der Waals surface area contributed by atoms with Crippen LogP contribution in [0.2, 0.25) is 0 Å². The molecule has 0 aromatic heterocycles. The average Bonchev–Trinajstić information content (AvgIpc) is 2.62. The first-order valence-electron chi connectivity index (χ1n) is 7.57. The first-order chi connectivity index (χ1) is 11.9. The quantitative estimate of drug-likeness (QED) is 0.488. The topological polar surface area (TPSA) is 139 Å². The van der Waals surface area contributed by atoms with Crippen LogP contribution in [0.3, 0.4) is 0 Å². The van der Waals surface area contributed by atoms with Gasteiger partial charge in [0.25, 0.3) is 0 Å². The van der Waals surface area contributed by atoms with Gasteiger partial charge in [-0.15, -0.1) is 0 Å². The number of aliphatic hydroxyl groups excluding tert-OH is 1. The van der Waals surface area contributed by atoms with Crippen LogP contribution in [-0.2, 0) is 28.5 Å². The lowest BCUT2D eigenvalue weighted by molar-refractivity contribution is -0.147. The highest BCUT2D eigenvalue weighted by molar-refractivity contribution is 5.74. The standard InChI is InChI=1S/C7H11NO3.C6H9NO2.C3H8O2/c1-6(5-8)7(9)11-4-3-10-2;1-3-9-6(8)5(2)4-7;1-5-3-2-4/h6H,3-4H2,1-2H3;5H,3H2,1-2H3;4H,2-3H2,1H3. The third kappa shape index (κ3) is 21.8. The Balaban J connectivity index is -0.000000311. The molecule has 0 bridgehead atoms. The Hall–Kier alpha value is -2.20. The molecule has 0 rings (SSSR count). The maximum Gasteiger partial charge on any atom is 0.323 e. The van der Waals surface area contributed by atoms with E-state index < -0.39 is 23.8 Å². The van der Waals surface area contributed by atoms with Crippen molar-refractivity contribution in [3.63, 3.8) is 0 Å². The number of rotatable bonds is 8. The van der Waals surface area contributed by atoms with E-state index in [-0.39, 0.29) is 13.2 Å². The fraction of sp³-hybridized carbons (Fsp3) is 0.750. The molecule has 2 atom stereocenters. The summed E-state index contributed by atoms with van der Waals surface area (Å²) < 4.78 is 18.3. The first-order valence-corrected chi connectivity index (χ1v) is 7.57. The lowest BCUT2D eigenvalue weighted by atomic mass is 10.2. The van der Waals surface area contributed by atoms with Crippen molar-refractivity contribution in [3.8, 4) is 12.1 Å². The summed E-state index contributed by atoms with van der Waals surface area (Å²) in [4.78, 5) is 21.3. The number of methoxy groups -OCH3 is 2. The summed E-state index contributed by atoms with van der Waals surface area (Å²) in [5, 5.41) is 24.4. The van der Waals surface area contributed by atoms with E-state index in [2.05, 4.69) is 18.9 Å². The Labute approximate surface area is 149 Å². The van der Waals surface area contributed by atoms with Gasteiger partial charge in [-0.1, -0.05) is 0 Å². The summed E-state index contributed by atoms with van der Waals surface area (Å²) in [7, 11) is 3.07. The minimum atomic E-state index is -0.688. The normalized spacial score (nSPS) is 11.0. The highest BCUT2D eigenvalue weighted by Gasteiger charge is 2.12. The van der Waals surface area contributed by atoms with Crippen LogP contribution in [0.15, 0.2) is 0 Å². The second kappa shape index (κ2) is 21.8. The molecule has 1 N–H and O–H groups in total. The lowest BCUT2D eigenvalue weighted by Gasteiger charge is -2.03. The molecule has 0 saturated carbocycles. The molecule has 0 heterocycles. The number of carbonyl (C=O) groups is 2. The predicted octanol–water partition coefficient (Wildman–Crippen LogP) is 0.670. The van der Waals surface area contributed by atoms with Gasteiger partial charge in [0.2, 0.25) is 0 Å². The molecule has 0 aliphatic carbocycles. The van der Waals surface area contributed by atoms with E-state index in [1.807, 2.05) is 0 Å². The molecule has 0 radical (unpaired) electrons. The van der Waals surface area contributed by atoms with Crippen LogP contribution in [0.5, 0.6) is 0 Å². The van der Waals surface area contributed by atoms with Crippen molar-refractivity contribution in [2.45, 2.75) is 20.8 Å². The molecule has 25 heavy (non-hydrogen) atoms. The number of nitriles is 2. The summed E-state index contributed by atoms with van der Waals surface area (Å²) in [6.07, 6.45) is 0. The SMILES string of the molecule is CCOC(=O)C(C)C#N.COCCO.COCCOC(=O)C(C)C#N. The van der Waals surface area contributed by atoms with E-state index in [1.165, 1.54) is 21.0 Å². The average molecular weight is 360 g/mol. The highest BCUT2D eigenvalue weighted by Crippen LogP contribution is 1.95. The highest BCUT2D eigenvalue weighted by atomic mass is 16.6. The fourth-order valence-electron chi connectivity index (χ4n) is 0.815. The van der Waals surface area contributed by atoms with Crippen LogP contribution < -0.4 is 0 Å². The second-order valence-corrected chi connectivity index (χ2v) is 4.33. The Morgan fingerprint density at radius 2 is 1.36 bits per heavy atom. The van der Waals surface area contributed by atoms with E-state index in [0.29, 0.717) is 19.8 Å². The van der Waals surface area contributed by atoms with E-state index in [0.717, 1.165) is 0 Å². The third-order valence-corrected chi connectivity index (χ3v) is 2.21. The number of aliphatic hydroxyl groups is 1. The summed E-state index contributed by atoms with van der Waals surface area (Å²) in [6.45, 7) is 6.20. The molecule has 0 spiro atoms. The minimum absolute atomic E-state index is 0.122. The molecule has 0 aromatic carbocycles. The van der Waals surface area contributed by atoms with Gasteiger partial charge in [0.05, 0.1) is 38.6 Å². The van der Waals surface area contributed by atoms with E-state index in [4.69, 9.17) is 15.6 Å². The third-order valence-electron chi connectivity index (χ3n) is 2.21. The number of nitrogens with zero attached hydrogens (tertiary/aromatic N) is 2. The summed E-state index contributed by atoms with van der Waals surface area (Å²) >= 11 is 0. The van der Waals surface area contributed by atoms with Gasteiger partial charge in [0.15, 0.2) is 0 Å². The molecule has 0 aliphatic rings. The lowest BCUT2D eigenvalue weighted by Crippen LogP contribution is -2.15. The summed E-state index contributed by atoms with van der Waals surface area (Å²) in [5.74, 6) is -2.26. The van der Waals surface area contributed by atoms with Gasteiger partial charge in [-0.25, -0.2) is 0 Å². The molecule has 0 aromatic rings. The van der Waals surface area contributed by atoms with Crippen molar-refractivity contribution in [2.24, 2.45) is 11.8 Å². The number of esters is 2. The van der Waals surface area contributed by atoms with Gasteiger partial charge in [-0.3, -0.25) is 9.59 Å². The van der Waals surface area contributed by atoms with Crippen molar-refractivity contribution in [3.05, 3.63) is 0 Å². The molecular formula is C16H28N2O7. The van der Waals surface area contributed by atoms with E-state index >= 15 is 0 Å². The number of carbonyl (C=O) groups excluding carboxylic acids is 2. The van der Waals surface area contributed by atoms with Crippen molar-refractivity contribution >= 4 is 11.9 Å². The largest absolute Gasteiger partial charge is 0.465 e. The minimum Gasteiger partial charge on any atom is -0.465 e. The Morgan fingerprint density at radius 3 is 1.64 bits per heavy atom. The van der Waals surface area contributed by atoms with Gasteiger partial charge < -0.3 is 24.1 Å². The van der Waals surface area contributed by atoms with Crippen LogP contribution in [0.1, 0.15) is 20.8 Å². The van der Waals surface area contributed by atoms with Crippen LogP contribution >= 0.6 is 0 Å². The number of ether oxygens (including phenoxy) is 4. The monoisotopic (exact) mass is 360 g/mol. The molecule has 9 nitrogen and oxygen atoms in total. The number of hydrogen-bond acceptors (Lipinski definition) is 9. The van der Waals surface area contributed by atoms with Crippen LogP contribution in [0, 0.1) is 34.5 Å². The van der Waals surface area contributed by atoms with Crippen molar-refractivity contribution < 1.29 is 33.6 Å². The van der Waals surface area contributed by atoms with E-state index in [1.54, 1.807) is 26.2 Å². The van der Waals surface area contributed by atoms with Crippen molar-refractivity contribution in [1.29, 1.82) is 10.5 Å². The molecule has 0 aliphatic heterocycles. The fourth-order valence-corrected chi connectivity index (χ4v) is 0.815. The van der Waals surface area contributed by atoms with Gasteiger partial charge in [0, 0.05) is 14.2 Å². The first kappa shape index (κ1) is 27.6. The Morgan fingerprint density at radius 1 is 0.920 bits per heavy atom.